The third kappa shape index (κ3) is 2.35. The molecular formula is C13H9NO2S. The quantitative estimate of drug-likeness (QED) is 0.471. The maximum Gasteiger partial charge on any atom is 0.207 e. The zero-order chi connectivity index (χ0) is 12.3. The molecule has 0 aliphatic carbocycles. The number of rotatable bonds is 3. The van der Waals surface area contributed by atoms with E-state index >= 15 is 0 Å². The highest BCUT2D eigenvalue weighted by atomic mass is 32.1. The van der Waals surface area contributed by atoms with E-state index in [0.717, 1.165) is 5.56 Å². The molecule has 0 fully saturated rings. The van der Waals surface area contributed by atoms with Crippen LogP contribution in [0.4, 0.5) is 0 Å². The summed E-state index contributed by atoms with van der Waals surface area (Å²) >= 11 is 1.52. The van der Waals surface area contributed by atoms with E-state index in [1.54, 1.807) is 19.1 Å². The van der Waals surface area contributed by atoms with Crippen molar-refractivity contribution < 1.29 is 9.21 Å². The van der Waals surface area contributed by atoms with Gasteiger partial charge in [-0.25, -0.2) is 0 Å². The van der Waals surface area contributed by atoms with E-state index in [1.807, 2.05) is 22.9 Å². The van der Waals surface area contributed by atoms with Crippen molar-refractivity contribution in [3.63, 3.8) is 0 Å². The molecule has 2 aromatic rings. The number of ketones is 1. The Kier molecular flexibility index (Phi) is 3.22. The van der Waals surface area contributed by atoms with Gasteiger partial charge in [0.1, 0.15) is 17.4 Å². The molecule has 17 heavy (non-hydrogen) atoms. The van der Waals surface area contributed by atoms with Gasteiger partial charge in [-0.05, 0) is 41.5 Å². The minimum Gasteiger partial charge on any atom is -0.469 e. The van der Waals surface area contributed by atoms with Gasteiger partial charge >= 0.3 is 0 Å². The van der Waals surface area contributed by atoms with Crippen LogP contribution in [0, 0.1) is 18.3 Å². The van der Waals surface area contributed by atoms with Crippen molar-refractivity contribution >= 4 is 23.2 Å². The van der Waals surface area contributed by atoms with Crippen molar-refractivity contribution in [1.82, 2.24) is 0 Å². The maximum absolute atomic E-state index is 12.0. The summed E-state index contributed by atoms with van der Waals surface area (Å²) in [5, 5.41) is 12.8. The second-order valence-corrected chi connectivity index (χ2v) is 4.23. The number of nitrogens with zero attached hydrogens (tertiary/aromatic N) is 1. The number of thiophene rings is 1. The Morgan fingerprint density at radius 3 is 2.88 bits per heavy atom. The molecule has 2 rings (SSSR count). The Hall–Kier alpha value is -2.12. The van der Waals surface area contributed by atoms with E-state index in [9.17, 15) is 4.79 Å². The fourth-order valence-electron chi connectivity index (χ4n) is 1.44. The van der Waals surface area contributed by atoms with E-state index in [4.69, 9.17) is 9.68 Å². The van der Waals surface area contributed by atoms with Crippen LogP contribution >= 0.6 is 11.3 Å². The average molecular weight is 243 g/mol. The maximum atomic E-state index is 12.0. The lowest BCUT2D eigenvalue weighted by Gasteiger charge is -1.96. The standard InChI is InChI=1S/C13H9NO2S/c1-9-12(2-4-16-9)13(15)11(7-14)6-10-3-5-17-8-10/h2-6,8H,1H3/b11-6+. The molecule has 84 valence electrons. The highest BCUT2D eigenvalue weighted by Crippen LogP contribution is 2.17. The summed E-state index contributed by atoms with van der Waals surface area (Å²) < 4.78 is 5.06. The Labute approximate surface area is 103 Å². The van der Waals surface area contributed by atoms with Crippen LogP contribution in [-0.2, 0) is 0 Å². The van der Waals surface area contributed by atoms with Crippen LogP contribution in [-0.4, -0.2) is 5.78 Å². The molecule has 0 aliphatic heterocycles. The third-order valence-electron chi connectivity index (χ3n) is 2.32. The summed E-state index contributed by atoms with van der Waals surface area (Å²) in [5.41, 5.74) is 1.42. The van der Waals surface area contributed by atoms with Gasteiger partial charge < -0.3 is 4.42 Å². The first kappa shape index (κ1) is 11.4. The number of furan rings is 1. The number of hydrogen-bond donors (Lipinski definition) is 0. The van der Waals surface area contributed by atoms with Crippen molar-refractivity contribution in [2.45, 2.75) is 6.92 Å². The van der Waals surface area contributed by atoms with Gasteiger partial charge in [0.25, 0.3) is 0 Å². The highest BCUT2D eigenvalue weighted by molar-refractivity contribution is 7.08. The molecule has 0 bridgehead atoms. The third-order valence-corrected chi connectivity index (χ3v) is 3.02. The lowest BCUT2D eigenvalue weighted by atomic mass is 10.0. The van der Waals surface area contributed by atoms with Gasteiger partial charge in [-0.3, -0.25) is 4.79 Å². The molecule has 2 heterocycles. The Morgan fingerprint density at radius 2 is 2.35 bits per heavy atom. The molecule has 0 atom stereocenters. The normalized spacial score (nSPS) is 11.2. The Balaban J connectivity index is 2.36. The average Bonchev–Trinajstić information content (AvgIpc) is 2.96. The molecule has 0 amide bonds. The molecule has 0 spiro atoms. The fourth-order valence-corrected chi connectivity index (χ4v) is 2.06. The lowest BCUT2D eigenvalue weighted by molar-refractivity contribution is 0.103. The lowest BCUT2D eigenvalue weighted by Crippen LogP contribution is -2.01. The first-order chi connectivity index (χ1) is 8.22. The van der Waals surface area contributed by atoms with E-state index in [0.29, 0.717) is 11.3 Å². The smallest absolute Gasteiger partial charge is 0.207 e. The topological polar surface area (TPSA) is 54.0 Å². The molecule has 2 aromatic heterocycles. The van der Waals surface area contributed by atoms with Crippen LogP contribution in [0.25, 0.3) is 6.08 Å². The number of carbonyl (C=O) groups is 1. The van der Waals surface area contributed by atoms with Crippen molar-refractivity contribution in [2.24, 2.45) is 0 Å². The minimum absolute atomic E-state index is 0.118. The first-order valence-electron chi connectivity index (χ1n) is 4.95. The van der Waals surface area contributed by atoms with Crippen LogP contribution in [0.5, 0.6) is 0 Å². The monoisotopic (exact) mass is 243 g/mol. The summed E-state index contributed by atoms with van der Waals surface area (Å²) in [6.07, 6.45) is 3.04. The van der Waals surface area contributed by atoms with E-state index in [-0.39, 0.29) is 11.4 Å². The van der Waals surface area contributed by atoms with E-state index in [1.165, 1.54) is 17.6 Å². The molecule has 0 saturated carbocycles. The molecule has 0 aliphatic rings. The van der Waals surface area contributed by atoms with Crippen LogP contribution < -0.4 is 0 Å². The summed E-state index contributed by atoms with van der Waals surface area (Å²) in [4.78, 5) is 12.0. The Bertz CT molecular complexity index is 600. The first-order valence-corrected chi connectivity index (χ1v) is 5.89. The second kappa shape index (κ2) is 4.81. The highest BCUT2D eigenvalue weighted by Gasteiger charge is 2.16. The van der Waals surface area contributed by atoms with Crippen molar-refractivity contribution in [1.29, 1.82) is 5.26 Å². The van der Waals surface area contributed by atoms with Gasteiger partial charge in [0.05, 0.1) is 11.8 Å². The SMILES string of the molecule is Cc1occc1C(=O)/C(C#N)=C/c1ccsc1. The van der Waals surface area contributed by atoms with Crippen LogP contribution in [0.15, 0.2) is 39.1 Å². The number of Topliss-reactive ketones (excluding diaryl/α,β-unsaturated/α-hetero) is 1. The number of nitriles is 1. The molecule has 0 aromatic carbocycles. The molecule has 0 N–H and O–H groups in total. The Morgan fingerprint density at radius 1 is 1.53 bits per heavy atom. The van der Waals surface area contributed by atoms with Gasteiger partial charge in [0, 0.05) is 0 Å². The van der Waals surface area contributed by atoms with Crippen LogP contribution in [0.1, 0.15) is 21.7 Å². The van der Waals surface area contributed by atoms with Gasteiger partial charge in [-0.2, -0.15) is 16.6 Å². The van der Waals surface area contributed by atoms with Crippen LogP contribution in [0.2, 0.25) is 0 Å². The van der Waals surface area contributed by atoms with Crippen molar-refractivity contribution in [2.75, 3.05) is 0 Å². The fraction of sp³-hybridized carbons (Fsp3) is 0.0769. The number of hydrogen-bond acceptors (Lipinski definition) is 4. The van der Waals surface area contributed by atoms with Gasteiger partial charge in [-0.15, -0.1) is 0 Å². The number of aryl methyl sites for hydroxylation is 1. The zero-order valence-electron chi connectivity index (χ0n) is 9.14. The van der Waals surface area contributed by atoms with Crippen LogP contribution in [0.3, 0.4) is 0 Å². The van der Waals surface area contributed by atoms with Gasteiger partial charge in [0.15, 0.2) is 0 Å². The summed E-state index contributed by atoms with van der Waals surface area (Å²) in [6, 6.07) is 5.37. The number of allylic oxidation sites excluding steroid dienone is 1. The minimum atomic E-state index is -0.301. The van der Waals surface area contributed by atoms with Crippen molar-refractivity contribution in [3.8, 4) is 6.07 Å². The largest absolute Gasteiger partial charge is 0.469 e. The summed E-state index contributed by atoms with van der Waals surface area (Å²) in [6.45, 7) is 1.70. The molecule has 0 saturated heterocycles. The zero-order valence-corrected chi connectivity index (χ0v) is 9.95. The second-order valence-electron chi connectivity index (χ2n) is 3.45. The predicted molar refractivity (Wildman–Crippen MR) is 65.7 cm³/mol. The van der Waals surface area contributed by atoms with Gasteiger partial charge in [0.2, 0.25) is 5.78 Å². The molecular weight excluding hydrogens is 234 g/mol. The molecule has 0 unspecified atom stereocenters. The summed E-state index contributed by atoms with van der Waals surface area (Å²) in [5.74, 6) is 0.228. The number of carbonyl (C=O) groups excluding carboxylic acids is 1. The molecule has 4 heteroatoms. The molecule has 3 nitrogen and oxygen atoms in total. The van der Waals surface area contributed by atoms with Crippen molar-refractivity contribution in [3.05, 3.63) is 51.6 Å². The van der Waals surface area contributed by atoms with E-state index in [2.05, 4.69) is 0 Å². The van der Waals surface area contributed by atoms with E-state index < -0.39 is 0 Å². The predicted octanol–water partition coefficient (Wildman–Crippen LogP) is 3.44. The molecule has 0 radical (unpaired) electrons. The summed E-state index contributed by atoms with van der Waals surface area (Å²) in [7, 11) is 0. The van der Waals surface area contributed by atoms with Gasteiger partial charge in [-0.1, -0.05) is 0 Å².